The van der Waals surface area contributed by atoms with Crippen molar-refractivity contribution in [3.8, 4) is 0 Å². The number of anilines is 1. The highest BCUT2D eigenvalue weighted by atomic mass is 16.5. The Bertz CT molecular complexity index is 655. The molecule has 1 aliphatic rings. The van der Waals surface area contributed by atoms with Gasteiger partial charge in [0, 0.05) is 31.1 Å². The molecule has 1 fully saturated rings. The molecule has 5 nitrogen and oxygen atoms in total. The number of pyridine rings is 1. The first-order chi connectivity index (χ1) is 9.69. The Morgan fingerprint density at radius 2 is 2.25 bits per heavy atom. The third-order valence-electron chi connectivity index (χ3n) is 3.80. The van der Waals surface area contributed by atoms with Crippen molar-refractivity contribution in [2.24, 2.45) is 5.73 Å². The highest BCUT2D eigenvalue weighted by Gasteiger charge is 2.24. The van der Waals surface area contributed by atoms with Crippen LogP contribution in [0.1, 0.15) is 12.0 Å². The Morgan fingerprint density at radius 1 is 1.45 bits per heavy atom. The maximum atomic E-state index is 7.77. The van der Waals surface area contributed by atoms with Crippen LogP contribution in [0.2, 0.25) is 0 Å². The van der Waals surface area contributed by atoms with Gasteiger partial charge in [0.05, 0.1) is 11.6 Å². The highest BCUT2D eigenvalue weighted by Crippen LogP contribution is 2.25. The van der Waals surface area contributed by atoms with E-state index >= 15 is 0 Å². The Balaban J connectivity index is 2.06. The van der Waals surface area contributed by atoms with Gasteiger partial charge >= 0.3 is 0 Å². The summed E-state index contributed by atoms with van der Waals surface area (Å²) in [5.41, 5.74) is 7.33. The number of fused-ring (bicyclic) bond motifs is 1. The van der Waals surface area contributed by atoms with Gasteiger partial charge in [0.2, 0.25) is 0 Å². The summed E-state index contributed by atoms with van der Waals surface area (Å²) in [6.07, 6.45) is 1.25. The van der Waals surface area contributed by atoms with Crippen molar-refractivity contribution in [2.45, 2.75) is 12.5 Å². The number of nitrogens with two attached hydrogens (primary N) is 1. The molecule has 0 bridgehead atoms. The zero-order chi connectivity index (χ0) is 14.1. The second-order valence-electron chi connectivity index (χ2n) is 5.05. The van der Waals surface area contributed by atoms with Crippen LogP contribution >= 0.6 is 0 Å². The molecule has 2 heterocycles. The van der Waals surface area contributed by atoms with Gasteiger partial charge in [-0.25, -0.2) is 4.98 Å². The number of hydrogen-bond acceptors (Lipinski definition) is 4. The molecule has 1 saturated heterocycles. The summed E-state index contributed by atoms with van der Waals surface area (Å²) >= 11 is 0. The van der Waals surface area contributed by atoms with Crippen LogP contribution in [0.4, 0.5) is 5.82 Å². The van der Waals surface area contributed by atoms with Crippen LogP contribution in [0.15, 0.2) is 30.3 Å². The van der Waals surface area contributed by atoms with E-state index in [1.807, 2.05) is 30.3 Å². The number of ether oxygens (including phenoxy) is 1. The second kappa shape index (κ2) is 5.09. The van der Waals surface area contributed by atoms with Crippen LogP contribution in [0.3, 0.4) is 0 Å². The maximum absolute atomic E-state index is 7.77. The first kappa shape index (κ1) is 12.9. The van der Waals surface area contributed by atoms with Crippen molar-refractivity contribution in [3.05, 3.63) is 35.9 Å². The molecular weight excluding hydrogens is 252 g/mol. The smallest absolute Gasteiger partial charge is 0.130 e. The summed E-state index contributed by atoms with van der Waals surface area (Å²) in [4.78, 5) is 6.87. The number of nitrogens with zero attached hydrogens (tertiary/aromatic N) is 2. The van der Waals surface area contributed by atoms with E-state index in [2.05, 4.69) is 9.88 Å². The van der Waals surface area contributed by atoms with Gasteiger partial charge in [-0.1, -0.05) is 18.2 Å². The predicted molar refractivity (Wildman–Crippen MR) is 80.4 cm³/mol. The highest BCUT2D eigenvalue weighted by molar-refractivity contribution is 6.07. The Hall–Kier alpha value is -2.14. The topological polar surface area (TPSA) is 75.2 Å². The number of hydrogen-bond donors (Lipinski definition) is 2. The first-order valence-electron chi connectivity index (χ1n) is 6.71. The number of aromatic nitrogens is 1. The molecule has 0 amide bonds. The monoisotopic (exact) mass is 270 g/mol. The van der Waals surface area contributed by atoms with Crippen molar-refractivity contribution in [3.63, 3.8) is 0 Å². The molecule has 1 unspecified atom stereocenters. The van der Waals surface area contributed by atoms with Gasteiger partial charge in [0.25, 0.3) is 0 Å². The zero-order valence-electron chi connectivity index (χ0n) is 11.5. The van der Waals surface area contributed by atoms with Crippen molar-refractivity contribution in [1.82, 2.24) is 4.98 Å². The van der Waals surface area contributed by atoms with Gasteiger partial charge in [0.1, 0.15) is 11.7 Å². The predicted octanol–water partition coefficient (Wildman–Crippen LogP) is 1.74. The number of nitrogens with one attached hydrogen (secondary N) is 1. The van der Waals surface area contributed by atoms with E-state index in [-0.39, 0.29) is 11.9 Å². The Labute approximate surface area is 117 Å². The molecule has 0 saturated carbocycles. The fourth-order valence-corrected chi connectivity index (χ4v) is 2.67. The number of para-hydroxylation sites is 1. The van der Waals surface area contributed by atoms with Crippen molar-refractivity contribution in [1.29, 1.82) is 5.41 Å². The molecule has 104 valence electrons. The fourth-order valence-electron chi connectivity index (χ4n) is 2.67. The van der Waals surface area contributed by atoms with Crippen molar-refractivity contribution < 1.29 is 4.74 Å². The van der Waals surface area contributed by atoms with Crippen LogP contribution in [0.5, 0.6) is 0 Å². The first-order valence-corrected chi connectivity index (χ1v) is 6.71. The average molecular weight is 270 g/mol. The van der Waals surface area contributed by atoms with Gasteiger partial charge in [-0.15, -0.1) is 0 Å². The van der Waals surface area contributed by atoms with Crippen molar-refractivity contribution in [2.75, 3.05) is 25.1 Å². The van der Waals surface area contributed by atoms with E-state index in [0.717, 1.165) is 41.8 Å². The Kier molecular flexibility index (Phi) is 3.28. The molecule has 1 aromatic heterocycles. The minimum Gasteiger partial charge on any atom is -0.384 e. The summed E-state index contributed by atoms with van der Waals surface area (Å²) in [6.45, 7) is 1.75. The van der Waals surface area contributed by atoms with Crippen LogP contribution in [0.25, 0.3) is 10.9 Å². The third-order valence-corrected chi connectivity index (χ3v) is 3.80. The second-order valence-corrected chi connectivity index (χ2v) is 5.05. The van der Waals surface area contributed by atoms with Crippen LogP contribution in [-0.2, 0) is 4.74 Å². The number of nitrogen functional groups attached to an aromatic ring is 1. The van der Waals surface area contributed by atoms with Crippen molar-refractivity contribution >= 4 is 22.6 Å². The molecule has 3 rings (SSSR count). The van der Waals surface area contributed by atoms with Crippen LogP contribution < -0.4 is 10.6 Å². The zero-order valence-corrected chi connectivity index (χ0v) is 11.5. The van der Waals surface area contributed by atoms with E-state index in [4.69, 9.17) is 15.9 Å². The summed E-state index contributed by atoms with van der Waals surface area (Å²) in [7, 11) is 1.74. The largest absolute Gasteiger partial charge is 0.384 e. The quantitative estimate of drug-likeness (QED) is 0.658. The minimum atomic E-state index is 0.0762. The average Bonchev–Trinajstić information content (AvgIpc) is 2.95. The molecule has 1 aliphatic heterocycles. The molecule has 2 aromatic rings. The Morgan fingerprint density at radius 3 is 2.95 bits per heavy atom. The lowest BCUT2D eigenvalue weighted by molar-refractivity contribution is 0.121. The normalized spacial score (nSPS) is 18.6. The van der Waals surface area contributed by atoms with E-state index < -0.39 is 0 Å². The van der Waals surface area contributed by atoms with E-state index in [1.165, 1.54) is 0 Å². The number of rotatable bonds is 3. The SMILES string of the molecule is COC1CCN(c2cc(C(=N)N)c3ccccc3n2)C1. The van der Waals surface area contributed by atoms with Gasteiger partial charge in [0.15, 0.2) is 0 Å². The lowest BCUT2D eigenvalue weighted by atomic mass is 10.1. The lowest BCUT2D eigenvalue weighted by Crippen LogP contribution is -2.24. The summed E-state index contributed by atoms with van der Waals surface area (Å²) < 4.78 is 5.39. The molecule has 3 N–H and O–H groups in total. The van der Waals surface area contributed by atoms with E-state index in [1.54, 1.807) is 7.11 Å². The number of amidine groups is 1. The summed E-state index contributed by atoms with van der Waals surface area (Å²) in [6, 6.07) is 9.69. The molecule has 0 spiro atoms. The molecule has 1 atom stereocenters. The van der Waals surface area contributed by atoms with Gasteiger partial charge in [-0.3, -0.25) is 5.41 Å². The molecule has 1 aromatic carbocycles. The van der Waals surface area contributed by atoms with Gasteiger partial charge in [-0.2, -0.15) is 0 Å². The van der Waals surface area contributed by atoms with Crippen LogP contribution in [-0.4, -0.2) is 37.1 Å². The van der Waals surface area contributed by atoms with E-state index in [9.17, 15) is 0 Å². The molecular formula is C15H18N4O. The summed E-state index contributed by atoms with van der Waals surface area (Å²) in [5, 5.41) is 8.69. The van der Waals surface area contributed by atoms with Gasteiger partial charge in [-0.05, 0) is 18.6 Å². The third kappa shape index (κ3) is 2.20. The number of methoxy groups -OCH3 is 1. The summed E-state index contributed by atoms with van der Waals surface area (Å²) in [5.74, 6) is 0.945. The molecule has 20 heavy (non-hydrogen) atoms. The number of benzene rings is 1. The minimum absolute atomic E-state index is 0.0762. The molecule has 0 radical (unpaired) electrons. The van der Waals surface area contributed by atoms with E-state index in [0.29, 0.717) is 0 Å². The molecule has 5 heteroatoms. The van der Waals surface area contributed by atoms with Gasteiger partial charge < -0.3 is 15.4 Å². The lowest BCUT2D eigenvalue weighted by Gasteiger charge is -2.19. The maximum Gasteiger partial charge on any atom is 0.130 e. The molecule has 0 aliphatic carbocycles. The van der Waals surface area contributed by atoms with Crippen LogP contribution in [0, 0.1) is 5.41 Å². The fraction of sp³-hybridized carbons (Fsp3) is 0.333. The standard InChI is InChI=1S/C15H18N4O/c1-20-10-6-7-19(9-10)14-8-12(15(16)17)11-4-2-3-5-13(11)18-14/h2-5,8,10H,6-7,9H2,1H3,(H3,16,17).